The van der Waals surface area contributed by atoms with E-state index in [-0.39, 0.29) is 16.7 Å². The molecule has 0 spiro atoms. The first-order chi connectivity index (χ1) is 7.89. The molecular formula is C10H14O6S2. The topological polar surface area (TPSA) is 109 Å². The van der Waals surface area contributed by atoms with Crippen molar-refractivity contribution >= 4 is 20.2 Å². The van der Waals surface area contributed by atoms with Crippen LogP contribution in [0.1, 0.15) is 22.3 Å². The van der Waals surface area contributed by atoms with Crippen molar-refractivity contribution in [3.63, 3.8) is 0 Å². The Morgan fingerprint density at radius 3 is 1.11 bits per heavy atom. The Balaban J connectivity index is 4.09. The summed E-state index contributed by atoms with van der Waals surface area (Å²) >= 11 is 0. The maximum Gasteiger partial charge on any atom is 0.295 e. The summed E-state index contributed by atoms with van der Waals surface area (Å²) < 4.78 is 63.5. The maximum atomic E-state index is 11.3. The molecule has 8 heteroatoms. The van der Waals surface area contributed by atoms with Crippen molar-refractivity contribution in [2.24, 2.45) is 0 Å². The first-order valence-corrected chi connectivity index (χ1v) is 7.82. The van der Waals surface area contributed by atoms with Gasteiger partial charge < -0.3 is 0 Å². The number of benzene rings is 1. The van der Waals surface area contributed by atoms with Gasteiger partial charge >= 0.3 is 0 Å². The van der Waals surface area contributed by atoms with Crippen LogP contribution in [-0.4, -0.2) is 25.9 Å². The molecule has 0 bridgehead atoms. The van der Waals surface area contributed by atoms with Crippen molar-refractivity contribution in [2.75, 3.05) is 0 Å². The third kappa shape index (κ3) is 2.41. The molecule has 0 atom stereocenters. The predicted molar refractivity (Wildman–Crippen MR) is 65.0 cm³/mol. The van der Waals surface area contributed by atoms with E-state index >= 15 is 0 Å². The fourth-order valence-corrected chi connectivity index (χ4v) is 4.18. The van der Waals surface area contributed by atoms with Crippen LogP contribution in [-0.2, 0) is 20.2 Å². The molecule has 0 saturated heterocycles. The fraction of sp³-hybridized carbons (Fsp3) is 0.400. The molecule has 1 aromatic carbocycles. The summed E-state index contributed by atoms with van der Waals surface area (Å²) in [5, 5.41) is 0. The second kappa shape index (κ2) is 4.30. The van der Waals surface area contributed by atoms with E-state index in [9.17, 15) is 16.8 Å². The first-order valence-electron chi connectivity index (χ1n) is 4.94. The maximum absolute atomic E-state index is 11.3. The van der Waals surface area contributed by atoms with Crippen molar-refractivity contribution in [3.8, 4) is 0 Å². The van der Waals surface area contributed by atoms with Crippen LogP contribution in [0.3, 0.4) is 0 Å². The largest absolute Gasteiger partial charge is 0.295 e. The fourth-order valence-electron chi connectivity index (χ4n) is 2.06. The minimum Gasteiger partial charge on any atom is -0.282 e. The van der Waals surface area contributed by atoms with Gasteiger partial charge in [-0.25, -0.2) is 0 Å². The van der Waals surface area contributed by atoms with Gasteiger partial charge in [-0.3, -0.25) is 9.11 Å². The molecule has 0 fully saturated rings. The highest BCUT2D eigenvalue weighted by atomic mass is 32.2. The predicted octanol–water partition coefficient (Wildman–Crippen LogP) is 1.41. The smallest absolute Gasteiger partial charge is 0.282 e. The van der Waals surface area contributed by atoms with Gasteiger partial charge in [-0.05, 0) is 49.9 Å². The Morgan fingerprint density at radius 2 is 0.889 bits per heavy atom. The van der Waals surface area contributed by atoms with Gasteiger partial charge in [0, 0.05) is 0 Å². The second-order valence-corrected chi connectivity index (χ2v) is 6.83. The van der Waals surface area contributed by atoms with Crippen LogP contribution in [0.15, 0.2) is 9.79 Å². The zero-order valence-corrected chi connectivity index (χ0v) is 12.0. The standard InChI is InChI=1S/C10H14O6S2/c1-5-6(2)9(17(11,12)13)8(4)10(7(5)3)18(14,15)16/h1-4H3,(H,11,12,13)(H,14,15,16). The average molecular weight is 294 g/mol. The Bertz CT molecular complexity index is 654. The minimum absolute atomic E-state index is 0.180. The lowest BCUT2D eigenvalue weighted by Gasteiger charge is -2.16. The van der Waals surface area contributed by atoms with Crippen LogP contribution < -0.4 is 0 Å². The minimum atomic E-state index is -4.56. The van der Waals surface area contributed by atoms with Gasteiger partial charge in [-0.2, -0.15) is 16.8 Å². The molecule has 18 heavy (non-hydrogen) atoms. The average Bonchev–Trinajstić information content (AvgIpc) is 2.09. The molecule has 1 aromatic rings. The highest BCUT2D eigenvalue weighted by molar-refractivity contribution is 7.86. The van der Waals surface area contributed by atoms with E-state index in [0.29, 0.717) is 5.56 Å². The van der Waals surface area contributed by atoms with Gasteiger partial charge in [0.1, 0.15) is 9.79 Å². The third-order valence-electron chi connectivity index (χ3n) is 3.00. The summed E-state index contributed by atoms with van der Waals surface area (Å²) in [5.41, 5.74) is 0.737. The number of rotatable bonds is 2. The lowest BCUT2D eigenvalue weighted by Crippen LogP contribution is -2.13. The third-order valence-corrected chi connectivity index (χ3v) is 5.26. The summed E-state index contributed by atoms with van der Waals surface area (Å²) in [5.74, 6) is 0. The molecule has 0 aromatic heterocycles. The van der Waals surface area contributed by atoms with E-state index in [1.165, 1.54) is 27.7 Å². The second-order valence-electron chi connectivity index (χ2n) is 4.11. The van der Waals surface area contributed by atoms with Crippen LogP contribution in [0, 0.1) is 27.7 Å². The molecule has 0 aliphatic carbocycles. The van der Waals surface area contributed by atoms with E-state index in [1.54, 1.807) is 0 Å². The normalized spacial score (nSPS) is 12.8. The van der Waals surface area contributed by atoms with E-state index in [1.807, 2.05) is 0 Å². The van der Waals surface area contributed by atoms with Crippen LogP contribution in [0.4, 0.5) is 0 Å². The summed E-state index contributed by atoms with van der Waals surface area (Å²) in [4.78, 5) is -0.948. The van der Waals surface area contributed by atoms with Crippen LogP contribution in [0.2, 0.25) is 0 Å². The lowest BCUT2D eigenvalue weighted by atomic mass is 10.0. The van der Waals surface area contributed by atoms with Gasteiger partial charge in [0.25, 0.3) is 20.2 Å². The summed E-state index contributed by atoms with van der Waals surface area (Å²) in [6.07, 6.45) is 0. The van der Waals surface area contributed by atoms with Crippen molar-refractivity contribution in [1.82, 2.24) is 0 Å². The van der Waals surface area contributed by atoms with Crippen LogP contribution in [0.5, 0.6) is 0 Å². The van der Waals surface area contributed by atoms with E-state index < -0.39 is 30.0 Å². The number of hydrogen-bond acceptors (Lipinski definition) is 4. The molecular weight excluding hydrogens is 280 g/mol. The molecule has 6 nitrogen and oxygen atoms in total. The molecule has 0 aliphatic heterocycles. The van der Waals surface area contributed by atoms with Crippen molar-refractivity contribution in [1.29, 1.82) is 0 Å². The quantitative estimate of drug-likeness (QED) is 0.798. The van der Waals surface area contributed by atoms with Crippen molar-refractivity contribution in [2.45, 2.75) is 37.5 Å². The molecule has 102 valence electrons. The van der Waals surface area contributed by atoms with Gasteiger partial charge in [0.15, 0.2) is 0 Å². The molecule has 0 amide bonds. The molecule has 0 saturated carbocycles. The van der Waals surface area contributed by atoms with Crippen LogP contribution >= 0.6 is 0 Å². The highest BCUT2D eigenvalue weighted by Gasteiger charge is 2.27. The van der Waals surface area contributed by atoms with Crippen molar-refractivity contribution < 1.29 is 25.9 Å². The first kappa shape index (κ1) is 15.1. The summed E-state index contributed by atoms with van der Waals surface area (Å²) in [6.45, 7) is 5.68. The Hall–Kier alpha value is -0.960. The zero-order valence-electron chi connectivity index (χ0n) is 10.3. The molecule has 0 radical (unpaired) electrons. The highest BCUT2D eigenvalue weighted by Crippen LogP contribution is 2.32. The van der Waals surface area contributed by atoms with E-state index in [2.05, 4.69) is 0 Å². The van der Waals surface area contributed by atoms with Gasteiger partial charge in [-0.1, -0.05) is 0 Å². The van der Waals surface area contributed by atoms with Crippen molar-refractivity contribution in [3.05, 3.63) is 22.3 Å². The summed E-state index contributed by atoms with van der Waals surface area (Å²) in [6, 6.07) is 0. The Labute approximate surface area is 106 Å². The van der Waals surface area contributed by atoms with E-state index in [4.69, 9.17) is 9.11 Å². The van der Waals surface area contributed by atoms with E-state index in [0.717, 1.165) is 0 Å². The molecule has 0 heterocycles. The SMILES string of the molecule is Cc1c(C)c(S(=O)(=O)O)c(C)c(S(=O)(=O)O)c1C. The molecule has 1 rings (SSSR count). The monoisotopic (exact) mass is 294 g/mol. The number of hydrogen-bond donors (Lipinski definition) is 2. The van der Waals surface area contributed by atoms with Gasteiger partial charge in [-0.15, -0.1) is 0 Å². The Morgan fingerprint density at radius 1 is 0.611 bits per heavy atom. The van der Waals surface area contributed by atoms with Crippen LogP contribution in [0.25, 0.3) is 0 Å². The Kier molecular flexibility index (Phi) is 3.61. The molecule has 2 N–H and O–H groups in total. The van der Waals surface area contributed by atoms with Gasteiger partial charge in [0.05, 0.1) is 0 Å². The summed E-state index contributed by atoms with van der Waals surface area (Å²) in [7, 11) is -9.12. The lowest BCUT2D eigenvalue weighted by molar-refractivity contribution is 0.478. The van der Waals surface area contributed by atoms with Gasteiger partial charge in [0.2, 0.25) is 0 Å². The zero-order chi connectivity index (χ0) is 14.5. The molecule has 0 aliphatic rings. The molecule has 0 unspecified atom stereocenters.